The van der Waals surface area contributed by atoms with Crippen LogP contribution in [0.5, 0.6) is 11.5 Å². The molecule has 2 aromatic rings. The first kappa shape index (κ1) is 22.5. The van der Waals surface area contributed by atoms with Gasteiger partial charge in [-0.25, -0.2) is 0 Å². The van der Waals surface area contributed by atoms with Crippen LogP contribution in [0.15, 0.2) is 48.5 Å². The lowest BCUT2D eigenvalue weighted by atomic mass is 10.0. The molecule has 1 fully saturated rings. The van der Waals surface area contributed by atoms with Crippen LogP contribution in [0, 0.1) is 0 Å². The number of halogens is 1. The molecule has 8 heteroatoms. The summed E-state index contributed by atoms with van der Waals surface area (Å²) in [6.45, 7) is 1.24. The van der Waals surface area contributed by atoms with Crippen LogP contribution in [-0.2, 0) is 4.79 Å². The van der Waals surface area contributed by atoms with Gasteiger partial charge < -0.3 is 25.4 Å². The van der Waals surface area contributed by atoms with E-state index >= 15 is 0 Å². The molecular weight excluding hydrogens is 394 g/mol. The van der Waals surface area contributed by atoms with Crippen molar-refractivity contribution >= 4 is 29.9 Å². The molecule has 7 nitrogen and oxygen atoms in total. The zero-order valence-corrected chi connectivity index (χ0v) is 17.1. The van der Waals surface area contributed by atoms with Gasteiger partial charge in [0, 0.05) is 36.4 Å². The van der Waals surface area contributed by atoms with Gasteiger partial charge in [0.05, 0.1) is 7.11 Å². The van der Waals surface area contributed by atoms with Gasteiger partial charge in [0.15, 0.2) is 6.61 Å². The highest BCUT2D eigenvalue weighted by atomic mass is 35.5. The molecule has 1 aliphatic rings. The van der Waals surface area contributed by atoms with E-state index in [0.717, 1.165) is 12.8 Å². The predicted molar refractivity (Wildman–Crippen MR) is 114 cm³/mol. The summed E-state index contributed by atoms with van der Waals surface area (Å²) in [4.78, 5) is 26.4. The normalized spacial score (nSPS) is 13.9. The van der Waals surface area contributed by atoms with Crippen LogP contribution in [0.3, 0.4) is 0 Å². The second-order valence-electron chi connectivity index (χ2n) is 6.72. The van der Waals surface area contributed by atoms with Gasteiger partial charge in [-0.05, 0) is 49.2 Å². The Bertz CT molecular complexity index is 821. The molecule has 3 N–H and O–H groups in total. The van der Waals surface area contributed by atoms with Gasteiger partial charge in [-0.1, -0.05) is 6.07 Å². The molecule has 0 unspecified atom stereocenters. The molecular formula is C21H26ClN3O4. The monoisotopic (exact) mass is 419 g/mol. The van der Waals surface area contributed by atoms with E-state index in [9.17, 15) is 9.59 Å². The number of nitrogens with two attached hydrogens (primary N) is 1. The Morgan fingerprint density at radius 1 is 1.10 bits per heavy atom. The van der Waals surface area contributed by atoms with Crippen LogP contribution in [-0.4, -0.2) is 49.6 Å². The van der Waals surface area contributed by atoms with Crippen molar-refractivity contribution in [3.63, 3.8) is 0 Å². The SMILES string of the molecule is COc1cccc(NC(=O)COc2ccc(C(=O)N3CCC(N)CC3)cc2)c1.Cl. The van der Waals surface area contributed by atoms with Gasteiger partial charge in [0.2, 0.25) is 0 Å². The molecule has 0 aromatic heterocycles. The summed E-state index contributed by atoms with van der Waals surface area (Å²) >= 11 is 0. The quantitative estimate of drug-likeness (QED) is 0.750. The summed E-state index contributed by atoms with van der Waals surface area (Å²) in [5.41, 5.74) is 7.12. The number of methoxy groups -OCH3 is 1. The number of nitrogens with zero attached hydrogens (tertiary/aromatic N) is 1. The molecule has 0 radical (unpaired) electrons. The number of piperidine rings is 1. The highest BCUT2D eigenvalue weighted by Crippen LogP contribution is 2.18. The Morgan fingerprint density at radius 3 is 2.45 bits per heavy atom. The van der Waals surface area contributed by atoms with Crippen LogP contribution in [0.2, 0.25) is 0 Å². The van der Waals surface area contributed by atoms with E-state index < -0.39 is 0 Å². The molecule has 1 aliphatic heterocycles. The maximum atomic E-state index is 12.5. The minimum absolute atomic E-state index is 0. The first-order chi connectivity index (χ1) is 13.5. The number of likely N-dealkylation sites (tertiary alicyclic amines) is 1. The van der Waals surface area contributed by atoms with Crippen LogP contribution >= 0.6 is 12.4 Å². The summed E-state index contributed by atoms with van der Waals surface area (Å²) in [6, 6.07) is 14.1. The number of ether oxygens (including phenoxy) is 2. The molecule has 0 spiro atoms. The highest BCUT2D eigenvalue weighted by Gasteiger charge is 2.21. The number of benzene rings is 2. The number of amides is 2. The summed E-state index contributed by atoms with van der Waals surface area (Å²) < 4.78 is 10.6. The highest BCUT2D eigenvalue weighted by molar-refractivity contribution is 5.94. The minimum Gasteiger partial charge on any atom is -0.497 e. The van der Waals surface area contributed by atoms with Crippen LogP contribution < -0.4 is 20.5 Å². The molecule has 3 rings (SSSR count). The first-order valence-corrected chi connectivity index (χ1v) is 9.27. The van der Waals surface area contributed by atoms with Crippen molar-refractivity contribution in [3.05, 3.63) is 54.1 Å². The molecule has 0 atom stereocenters. The van der Waals surface area contributed by atoms with Crippen molar-refractivity contribution in [1.29, 1.82) is 0 Å². The smallest absolute Gasteiger partial charge is 0.262 e. The Hall–Kier alpha value is -2.77. The lowest BCUT2D eigenvalue weighted by Crippen LogP contribution is -2.42. The van der Waals surface area contributed by atoms with E-state index in [-0.39, 0.29) is 36.9 Å². The van der Waals surface area contributed by atoms with Crippen molar-refractivity contribution in [1.82, 2.24) is 4.90 Å². The topological polar surface area (TPSA) is 93.9 Å². The maximum absolute atomic E-state index is 12.5. The van der Waals surface area contributed by atoms with Gasteiger partial charge in [0.1, 0.15) is 11.5 Å². The molecule has 2 amide bonds. The van der Waals surface area contributed by atoms with E-state index in [0.29, 0.717) is 35.8 Å². The predicted octanol–water partition coefficient (Wildman–Crippen LogP) is 2.70. The van der Waals surface area contributed by atoms with Crippen molar-refractivity contribution < 1.29 is 19.1 Å². The fourth-order valence-electron chi connectivity index (χ4n) is 3.03. The van der Waals surface area contributed by atoms with Crippen LogP contribution in [0.25, 0.3) is 0 Å². The molecule has 1 heterocycles. The van der Waals surface area contributed by atoms with Crippen LogP contribution in [0.1, 0.15) is 23.2 Å². The summed E-state index contributed by atoms with van der Waals surface area (Å²) in [7, 11) is 1.57. The Morgan fingerprint density at radius 2 is 1.79 bits per heavy atom. The summed E-state index contributed by atoms with van der Waals surface area (Å²) in [5, 5.41) is 2.75. The van der Waals surface area contributed by atoms with E-state index in [1.165, 1.54) is 0 Å². The average Bonchev–Trinajstić information content (AvgIpc) is 2.73. The fourth-order valence-corrected chi connectivity index (χ4v) is 3.03. The van der Waals surface area contributed by atoms with Crippen LogP contribution in [0.4, 0.5) is 5.69 Å². The third-order valence-electron chi connectivity index (χ3n) is 4.65. The number of hydrogen-bond acceptors (Lipinski definition) is 5. The largest absolute Gasteiger partial charge is 0.497 e. The molecule has 0 saturated carbocycles. The number of carbonyl (C=O) groups is 2. The fraction of sp³-hybridized carbons (Fsp3) is 0.333. The van der Waals surface area contributed by atoms with Gasteiger partial charge >= 0.3 is 0 Å². The number of nitrogens with one attached hydrogen (secondary N) is 1. The van der Waals surface area contributed by atoms with Gasteiger partial charge in [-0.3, -0.25) is 9.59 Å². The average molecular weight is 420 g/mol. The standard InChI is InChI=1S/C21H25N3O4.ClH/c1-27-19-4-2-3-17(13-19)23-20(25)14-28-18-7-5-15(6-8-18)21(26)24-11-9-16(22)10-12-24;/h2-8,13,16H,9-12,14,22H2,1H3,(H,23,25);1H. The van der Waals surface area contributed by atoms with E-state index in [1.807, 2.05) is 4.90 Å². The number of anilines is 1. The van der Waals surface area contributed by atoms with Gasteiger partial charge in [-0.2, -0.15) is 0 Å². The minimum atomic E-state index is -0.280. The van der Waals surface area contributed by atoms with E-state index in [1.54, 1.807) is 55.6 Å². The number of carbonyl (C=O) groups excluding carboxylic acids is 2. The summed E-state index contributed by atoms with van der Waals surface area (Å²) in [5.74, 6) is 0.903. The Balaban J connectivity index is 0.00000300. The van der Waals surface area contributed by atoms with Gasteiger partial charge in [0.25, 0.3) is 11.8 Å². The maximum Gasteiger partial charge on any atom is 0.262 e. The molecule has 0 bridgehead atoms. The second-order valence-corrected chi connectivity index (χ2v) is 6.72. The number of hydrogen-bond donors (Lipinski definition) is 2. The van der Waals surface area contributed by atoms with E-state index in [2.05, 4.69) is 5.32 Å². The Labute approximate surface area is 176 Å². The second kappa shape index (κ2) is 10.7. The molecule has 29 heavy (non-hydrogen) atoms. The zero-order valence-electron chi connectivity index (χ0n) is 16.3. The molecule has 1 saturated heterocycles. The zero-order chi connectivity index (χ0) is 19.9. The molecule has 0 aliphatic carbocycles. The third kappa shape index (κ3) is 6.37. The van der Waals surface area contributed by atoms with Crippen molar-refractivity contribution in [2.24, 2.45) is 5.73 Å². The van der Waals surface area contributed by atoms with Crippen molar-refractivity contribution in [3.8, 4) is 11.5 Å². The summed E-state index contributed by atoms with van der Waals surface area (Å²) in [6.07, 6.45) is 1.66. The lowest BCUT2D eigenvalue weighted by molar-refractivity contribution is -0.118. The molecule has 156 valence electrons. The third-order valence-corrected chi connectivity index (χ3v) is 4.65. The Kier molecular flexibility index (Phi) is 8.30. The van der Waals surface area contributed by atoms with Gasteiger partial charge in [-0.15, -0.1) is 12.4 Å². The number of rotatable bonds is 6. The lowest BCUT2D eigenvalue weighted by Gasteiger charge is -2.30. The van der Waals surface area contributed by atoms with Crippen molar-refractivity contribution in [2.75, 3.05) is 32.1 Å². The van der Waals surface area contributed by atoms with E-state index in [4.69, 9.17) is 15.2 Å². The first-order valence-electron chi connectivity index (χ1n) is 9.27. The van der Waals surface area contributed by atoms with Crippen molar-refractivity contribution in [2.45, 2.75) is 18.9 Å². The molecule has 2 aromatic carbocycles.